The zero-order valence-corrected chi connectivity index (χ0v) is 15.8. The first-order valence-corrected chi connectivity index (χ1v) is 8.74. The van der Waals surface area contributed by atoms with Crippen molar-refractivity contribution < 1.29 is 19.0 Å². The van der Waals surface area contributed by atoms with Gasteiger partial charge in [0.1, 0.15) is 17.3 Å². The summed E-state index contributed by atoms with van der Waals surface area (Å²) in [5.41, 5.74) is 1.11. The van der Waals surface area contributed by atoms with Crippen molar-refractivity contribution in [2.45, 2.75) is 19.6 Å². The molecule has 7 heteroatoms. The summed E-state index contributed by atoms with van der Waals surface area (Å²) in [6.07, 6.45) is -0.840. The molecule has 0 saturated carbocycles. The molecule has 0 aliphatic rings. The Morgan fingerprint density at radius 3 is 2.59 bits per heavy atom. The van der Waals surface area contributed by atoms with E-state index < -0.39 is 6.10 Å². The van der Waals surface area contributed by atoms with Gasteiger partial charge >= 0.3 is 0 Å². The molecule has 1 atom stereocenters. The Morgan fingerprint density at radius 1 is 1.15 bits per heavy atom. The maximum absolute atomic E-state index is 13.7. The monoisotopic (exact) mass is 375 g/mol. The molecule has 0 aliphatic heterocycles. The van der Waals surface area contributed by atoms with Crippen LogP contribution in [0.5, 0.6) is 11.5 Å². The number of guanidine groups is 1. The number of nitrogens with zero attached hydrogens (tertiary/aromatic N) is 1. The topological polar surface area (TPSA) is 75.1 Å². The van der Waals surface area contributed by atoms with Crippen LogP contribution in [-0.4, -0.2) is 38.4 Å². The lowest BCUT2D eigenvalue weighted by Gasteiger charge is -2.18. The molecule has 6 nitrogen and oxygen atoms in total. The zero-order valence-electron chi connectivity index (χ0n) is 15.8. The van der Waals surface area contributed by atoms with Crippen LogP contribution in [0.1, 0.15) is 24.2 Å². The van der Waals surface area contributed by atoms with Crippen molar-refractivity contribution in [3.8, 4) is 11.5 Å². The second-order valence-corrected chi connectivity index (χ2v) is 5.79. The molecule has 27 heavy (non-hydrogen) atoms. The molecule has 3 N–H and O–H groups in total. The minimum atomic E-state index is -0.840. The minimum absolute atomic E-state index is 0.195. The summed E-state index contributed by atoms with van der Waals surface area (Å²) >= 11 is 0. The number of aliphatic imine (C=N–C) groups is 1. The van der Waals surface area contributed by atoms with E-state index in [4.69, 9.17) is 9.47 Å². The van der Waals surface area contributed by atoms with Crippen molar-refractivity contribution in [3.05, 3.63) is 59.4 Å². The van der Waals surface area contributed by atoms with Crippen molar-refractivity contribution in [1.29, 1.82) is 0 Å². The van der Waals surface area contributed by atoms with E-state index in [1.54, 1.807) is 50.6 Å². The van der Waals surface area contributed by atoms with Crippen LogP contribution >= 0.6 is 0 Å². The Morgan fingerprint density at radius 2 is 1.93 bits per heavy atom. The van der Waals surface area contributed by atoms with Gasteiger partial charge in [0.15, 0.2) is 5.96 Å². The first kappa shape index (κ1) is 20.5. The number of hydrogen-bond acceptors (Lipinski definition) is 4. The Bertz CT molecular complexity index is 768. The molecule has 146 valence electrons. The van der Waals surface area contributed by atoms with Gasteiger partial charge in [0.2, 0.25) is 0 Å². The molecule has 1 unspecified atom stereocenters. The van der Waals surface area contributed by atoms with Gasteiger partial charge < -0.3 is 25.2 Å². The summed E-state index contributed by atoms with van der Waals surface area (Å²) in [4.78, 5) is 4.37. The number of nitrogens with one attached hydrogen (secondary N) is 2. The second-order valence-electron chi connectivity index (χ2n) is 5.79. The molecular formula is C20H26FN3O3. The highest BCUT2D eigenvalue weighted by atomic mass is 19.1. The lowest BCUT2D eigenvalue weighted by molar-refractivity contribution is 0.176. The highest BCUT2D eigenvalue weighted by Gasteiger charge is 2.15. The van der Waals surface area contributed by atoms with Gasteiger partial charge in [-0.05, 0) is 31.2 Å². The molecule has 0 bridgehead atoms. The van der Waals surface area contributed by atoms with Gasteiger partial charge in [0, 0.05) is 24.2 Å². The highest BCUT2D eigenvalue weighted by Crippen LogP contribution is 2.29. The number of methoxy groups -OCH3 is 2. The van der Waals surface area contributed by atoms with Crippen LogP contribution in [0.4, 0.5) is 4.39 Å². The molecule has 2 aromatic carbocycles. The second kappa shape index (κ2) is 10.4. The van der Waals surface area contributed by atoms with Gasteiger partial charge in [-0.1, -0.05) is 18.2 Å². The number of ether oxygens (including phenoxy) is 2. The molecule has 0 heterocycles. The average Bonchev–Trinajstić information content (AvgIpc) is 2.70. The van der Waals surface area contributed by atoms with E-state index in [1.807, 2.05) is 6.92 Å². The third-order valence-electron chi connectivity index (χ3n) is 3.97. The van der Waals surface area contributed by atoms with E-state index in [9.17, 15) is 9.50 Å². The first-order chi connectivity index (χ1) is 13.1. The Kier molecular flexibility index (Phi) is 7.88. The fourth-order valence-electron chi connectivity index (χ4n) is 2.54. The van der Waals surface area contributed by atoms with Crippen LogP contribution in [-0.2, 0) is 6.54 Å². The van der Waals surface area contributed by atoms with E-state index in [-0.39, 0.29) is 18.9 Å². The molecule has 0 amide bonds. The normalized spacial score (nSPS) is 12.4. The van der Waals surface area contributed by atoms with Crippen LogP contribution in [0.3, 0.4) is 0 Å². The maximum atomic E-state index is 13.7. The highest BCUT2D eigenvalue weighted by molar-refractivity contribution is 5.79. The third-order valence-corrected chi connectivity index (χ3v) is 3.97. The molecule has 0 aliphatic carbocycles. The summed E-state index contributed by atoms with van der Waals surface area (Å²) in [5.74, 6) is 1.39. The van der Waals surface area contributed by atoms with Gasteiger partial charge in [0.25, 0.3) is 0 Å². The van der Waals surface area contributed by atoms with Crippen LogP contribution in [0.2, 0.25) is 0 Å². The van der Waals surface area contributed by atoms with Crippen molar-refractivity contribution in [2.24, 2.45) is 4.99 Å². The van der Waals surface area contributed by atoms with Gasteiger partial charge in [-0.2, -0.15) is 0 Å². The Hall–Kier alpha value is -2.80. The van der Waals surface area contributed by atoms with E-state index >= 15 is 0 Å². The first-order valence-electron chi connectivity index (χ1n) is 8.74. The third kappa shape index (κ3) is 5.86. The number of rotatable bonds is 8. The largest absolute Gasteiger partial charge is 0.497 e. The summed E-state index contributed by atoms with van der Waals surface area (Å²) in [6.45, 7) is 2.97. The van der Waals surface area contributed by atoms with Crippen LogP contribution in [0, 0.1) is 5.82 Å². The van der Waals surface area contributed by atoms with Gasteiger partial charge in [-0.25, -0.2) is 9.38 Å². The van der Waals surface area contributed by atoms with E-state index in [0.717, 1.165) is 0 Å². The SMILES string of the molecule is CCNC(=NCc1ccccc1F)NCC(O)c1cc(OC)ccc1OC. The van der Waals surface area contributed by atoms with Crippen LogP contribution in [0.15, 0.2) is 47.5 Å². The summed E-state index contributed by atoms with van der Waals surface area (Å²) in [5, 5.41) is 16.7. The molecule has 0 saturated heterocycles. The molecule has 0 aromatic heterocycles. The van der Waals surface area contributed by atoms with Crippen LogP contribution < -0.4 is 20.1 Å². The van der Waals surface area contributed by atoms with Gasteiger partial charge in [-0.15, -0.1) is 0 Å². The fraction of sp³-hybridized carbons (Fsp3) is 0.350. The van der Waals surface area contributed by atoms with Crippen molar-refractivity contribution in [2.75, 3.05) is 27.3 Å². The molecule has 2 rings (SSSR count). The van der Waals surface area contributed by atoms with Gasteiger partial charge in [0.05, 0.1) is 26.9 Å². The number of halogens is 1. The minimum Gasteiger partial charge on any atom is -0.497 e. The predicted molar refractivity (Wildman–Crippen MR) is 104 cm³/mol. The fourth-order valence-corrected chi connectivity index (χ4v) is 2.54. The van der Waals surface area contributed by atoms with Crippen molar-refractivity contribution >= 4 is 5.96 Å². The quantitative estimate of drug-likeness (QED) is 0.489. The molecule has 0 radical (unpaired) electrons. The van der Waals surface area contributed by atoms with Gasteiger partial charge in [-0.3, -0.25) is 0 Å². The Labute approximate surface area is 159 Å². The maximum Gasteiger partial charge on any atom is 0.191 e. The van der Waals surface area contributed by atoms with E-state index in [1.165, 1.54) is 6.07 Å². The molecule has 0 fully saturated rings. The molecule has 2 aromatic rings. The Balaban J connectivity index is 2.07. The van der Waals surface area contributed by atoms with E-state index in [2.05, 4.69) is 15.6 Å². The van der Waals surface area contributed by atoms with Crippen molar-refractivity contribution in [3.63, 3.8) is 0 Å². The standard InChI is InChI=1S/C20H26FN3O3/c1-4-22-20(23-12-14-7-5-6-8-17(14)21)24-13-18(25)16-11-15(26-2)9-10-19(16)27-3/h5-11,18,25H,4,12-13H2,1-3H3,(H2,22,23,24). The zero-order chi connectivity index (χ0) is 19.6. The number of hydrogen-bond donors (Lipinski definition) is 3. The number of benzene rings is 2. The molecular weight excluding hydrogens is 349 g/mol. The number of aliphatic hydroxyl groups is 1. The lowest BCUT2D eigenvalue weighted by atomic mass is 10.1. The average molecular weight is 375 g/mol. The summed E-state index contributed by atoms with van der Waals surface area (Å²) in [7, 11) is 3.11. The van der Waals surface area contributed by atoms with E-state index in [0.29, 0.717) is 35.1 Å². The predicted octanol–water partition coefficient (Wildman–Crippen LogP) is 2.63. The smallest absolute Gasteiger partial charge is 0.191 e. The van der Waals surface area contributed by atoms with Crippen LogP contribution in [0.25, 0.3) is 0 Å². The summed E-state index contributed by atoms with van der Waals surface area (Å²) in [6, 6.07) is 11.8. The summed E-state index contributed by atoms with van der Waals surface area (Å²) < 4.78 is 24.3. The van der Waals surface area contributed by atoms with Crippen molar-refractivity contribution in [1.82, 2.24) is 10.6 Å². The number of aliphatic hydroxyl groups excluding tert-OH is 1. The lowest BCUT2D eigenvalue weighted by Crippen LogP contribution is -2.39. The molecule has 0 spiro atoms.